The number of aromatic nitrogens is 2. The quantitative estimate of drug-likeness (QED) is 0.817. The largest absolute Gasteiger partial charge is 0.331 e. The highest BCUT2D eigenvalue weighted by molar-refractivity contribution is 5.17. The maximum absolute atomic E-state index is 6.01. The number of fused-ring (bicyclic) bond motifs is 1. The van der Waals surface area contributed by atoms with Gasteiger partial charge in [-0.2, -0.15) is 0 Å². The molecule has 1 heterocycles. The number of nitrogens with zero attached hydrogens (tertiary/aromatic N) is 2. The van der Waals surface area contributed by atoms with Crippen molar-refractivity contribution in [3.63, 3.8) is 0 Å². The molecule has 2 atom stereocenters. The van der Waals surface area contributed by atoms with Crippen molar-refractivity contribution in [3.8, 4) is 0 Å². The average molecular weight is 247 g/mol. The molecule has 100 valence electrons. The van der Waals surface area contributed by atoms with Crippen LogP contribution in [0.1, 0.15) is 62.4 Å². The van der Waals surface area contributed by atoms with Crippen molar-refractivity contribution < 1.29 is 0 Å². The van der Waals surface area contributed by atoms with E-state index in [9.17, 15) is 0 Å². The third-order valence-corrected chi connectivity index (χ3v) is 4.84. The summed E-state index contributed by atoms with van der Waals surface area (Å²) in [6, 6.07) is 0.617. The van der Waals surface area contributed by atoms with Gasteiger partial charge >= 0.3 is 0 Å². The predicted octanol–water partition coefficient (Wildman–Crippen LogP) is 2.84. The van der Waals surface area contributed by atoms with Crippen molar-refractivity contribution >= 4 is 0 Å². The fraction of sp³-hybridized carbons (Fsp3) is 0.800. The van der Waals surface area contributed by atoms with E-state index < -0.39 is 0 Å². The van der Waals surface area contributed by atoms with Crippen LogP contribution in [0.3, 0.4) is 0 Å². The van der Waals surface area contributed by atoms with E-state index in [4.69, 9.17) is 5.73 Å². The summed E-state index contributed by atoms with van der Waals surface area (Å²) in [6.45, 7) is 0.831. The summed E-state index contributed by atoms with van der Waals surface area (Å²) < 4.78 is 2.50. The zero-order chi connectivity index (χ0) is 12.4. The van der Waals surface area contributed by atoms with E-state index in [0.29, 0.717) is 12.0 Å². The Morgan fingerprint density at radius 2 is 1.94 bits per heavy atom. The lowest BCUT2D eigenvalue weighted by atomic mass is 9.93. The molecule has 2 N–H and O–H groups in total. The molecule has 0 saturated heterocycles. The minimum absolute atomic E-state index is 0.617. The number of imidazole rings is 1. The predicted molar refractivity (Wildman–Crippen MR) is 73.5 cm³/mol. The van der Waals surface area contributed by atoms with E-state index in [2.05, 4.69) is 15.9 Å². The molecule has 1 saturated carbocycles. The standard InChI is InChI=1S/C15H25N3/c16-10-12-6-2-1-3-8-14(12)18-11-17-13-7-4-5-9-15(13)18/h11-12,14H,1-10,16H2. The second-order valence-corrected chi connectivity index (χ2v) is 5.95. The van der Waals surface area contributed by atoms with Gasteiger partial charge in [-0.1, -0.05) is 19.3 Å². The maximum Gasteiger partial charge on any atom is 0.0954 e. The molecular weight excluding hydrogens is 222 g/mol. The van der Waals surface area contributed by atoms with Gasteiger partial charge < -0.3 is 10.3 Å². The van der Waals surface area contributed by atoms with Gasteiger partial charge in [-0.3, -0.25) is 0 Å². The molecule has 18 heavy (non-hydrogen) atoms. The van der Waals surface area contributed by atoms with Gasteiger partial charge in [0.05, 0.1) is 12.0 Å². The summed E-state index contributed by atoms with van der Waals surface area (Å²) >= 11 is 0. The summed E-state index contributed by atoms with van der Waals surface area (Å²) in [6.07, 6.45) is 13.8. The Hall–Kier alpha value is -0.830. The minimum atomic E-state index is 0.617. The molecule has 0 aliphatic heterocycles. The Bertz CT molecular complexity index is 396. The topological polar surface area (TPSA) is 43.8 Å². The van der Waals surface area contributed by atoms with Crippen molar-refractivity contribution in [2.75, 3.05) is 6.54 Å². The van der Waals surface area contributed by atoms with E-state index in [0.717, 1.165) is 6.54 Å². The van der Waals surface area contributed by atoms with Crippen LogP contribution < -0.4 is 5.73 Å². The molecular formula is C15H25N3. The fourth-order valence-electron chi connectivity index (χ4n) is 3.78. The lowest BCUT2D eigenvalue weighted by Crippen LogP contribution is -2.26. The minimum Gasteiger partial charge on any atom is -0.331 e. The maximum atomic E-state index is 6.01. The van der Waals surface area contributed by atoms with E-state index >= 15 is 0 Å². The van der Waals surface area contributed by atoms with Gasteiger partial charge in [0, 0.05) is 11.7 Å². The van der Waals surface area contributed by atoms with E-state index in [1.165, 1.54) is 69.2 Å². The first-order valence-electron chi connectivity index (χ1n) is 7.65. The Morgan fingerprint density at radius 3 is 2.83 bits per heavy atom. The Kier molecular flexibility index (Phi) is 3.69. The fourth-order valence-corrected chi connectivity index (χ4v) is 3.78. The van der Waals surface area contributed by atoms with Gasteiger partial charge in [0.1, 0.15) is 0 Å². The van der Waals surface area contributed by atoms with Crippen molar-refractivity contribution in [2.24, 2.45) is 11.7 Å². The molecule has 0 aromatic carbocycles. The average Bonchev–Trinajstić information content (AvgIpc) is 2.69. The van der Waals surface area contributed by atoms with E-state index in [-0.39, 0.29) is 0 Å². The lowest BCUT2D eigenvalue weighted by Gasteiger charge is -2.28. The molecule has 1 fully saturated rings. The Balaban J connectivity index is 1.89. The second-order valence-electron chi connectivity index (χ2n) is 5.95. The smallest absolute Gasteiger partial charge is 0.0954 e. The highest BCUT2D eigenvalue weighted by Crippen LogP contribution is 2.34. The number of hydrogen-bond donors (Lipinski definition) is 1. The van der Waals surface area contributed by atoms with Gasteiger partial charge in [-0.15, -0.1) is 0 Å². The summed E-state index contributed by atoms with van der Waals surface area (Å²) in [4.78, 5) is 4.65. The van der Waals surface area contributed by atoms with Gasteiger partial charge in [0.25, 0.3) is 0 Å². The molecule has 3 heteroatoms. The van der Waals surface area contributed by atoms with Crippen LogP contribution in [0.4, 0.5) is 0 Å². The molecule has 0 radical (unpaired) electrons. The summed E-state index contributed by atoms with van der Waals surface area (Å²) in [7, 11) is 0. The zero-order valence-corrected chi connectivity index (χ0v) is 11.3. The number of aryl methyl sites for hydroxylation is 1. The third-order valence-electron chi connectivity index (χ3n) is 4.84. The van der Waals surface area contributed by atoms with Crippen LogP contribution in [-0.2, 0) is 12.8 Å². The molecule has 0 bridgehead atoms. The molecule has 0 amide bonds. The molecule has 1 aromatic heterocycles. The van der Waals surface area contributed by atoms with E-state index in [1.807, 2.05) is 0 Å². The Morgan fingerprint density at radius 1 is 1.11 bits per heavy atom. The molecule has 1 aromatic rings. The first-order valence-corrected chi connectivity index (χ1v) is 7.65. The van der Waals surface area contributed by atoms with Crippen molar-refractivity contribution in [2.45, 2.75) is 63.8 Å². The zero-order valence-electron chi connectivity index (χ0n) is 11.3. The molecule has 0 spiro atoms. The highest BCUT2D eigenvalue weighted by Gasteiger charge is 2.27. The third kappa shape index (κ3) is 2.20. The van der Waals surface area contributed by atoms with Crippen LogP contribution in [-0.4, -0.2) is 16.1 Å². The summed E-state index contributed by atoms with van der Waals surface area (Å²) in [5.41, 5.74) is 8.89. The first-order chi connectivity index (χ1) is 8.90. The number of rotatable bonds is 2. The number of nitrogens with two attached hydrogens (primary N) is 1. The van der Waals surface area contributed by atoms with Crippen molar-refractivity contribution in [1.29, 1.82) is 0 Å². The highest BCUT2D eigenvalue weighted by atomic mass is 15.1. The number of hydrogen-bond acceptors (Lipinski definition) is 2. The van der Waals surface area contributed by atoms with Crippen LogP contribution in [0.15, 0.2) is 6.33 Å². The molecule has 2 aliphatic rings. The van der Waals surface area contributed by atoms with Gasteiger partial charge in [0.2, 0.25) is 0 Å². The van der Waals surface area contributed by atoms with Gasteiger partial charge in [0.15, 0.2) is 0 Å². The van der Waals surface area contributed by atoms with Crippen LogP contribution >= 0.6 is 0 Å². The van der Waals surface area contributed by atoms with Crippen LogP contribution in [0.5, 0.6) is 0 Å². The monoisotopic (exact) mass is 247 g/mol. The summed E-state index contributed by atoms with van der Waals surface area (Å²) in [5.74, 6) is 0.660. The molecule has 2 unspecified atom stereocenters. The van der Waals surface area contributed by atoms with Crippen LogP contribution in [0.25, 0.3) is 0 Å². The van der Waals surface area contributed by atoms with Gasteiger partial charge in [-0.05, 0) is 51.0 Å². The Labute approximate surface area is 110 Å². The second kappa shape index (κ2) is 5.43. The summed E-state index contributed by atoms with van der Waals surface area (Å²) in [5, 5.41) is 0. The first kappa shape index (κ1) is 12.2. The molecule has 3 nitrogen and oxygen atoms in total. The molecule has 2 aliphatic carbocycles. The van der Waals surface area contributed by atoms with Crippen molar-refractivity contribution in [3.05, 3.63) is 17.7 Å². The van der Waals surface area contributed by atoms with Crippen LogP contribution in [0.2, 0.25) is 0 Å². The lowest BCUT2D eigenvalue weighted by molar-refractivity contribution is 0.309. The normalized spacial score (nSPS) is 28.7. The van der Waals surface area contributed by atoms with Crippen LogP contribution in [0, 0.1) is 5.92 Å². The molecule has 3 rings (SSSR count). The van der Waals surface area contributed by atoms with E-state index in [1.54, 1.807) is 0 Å². The SMILES string of the molecule is NCC1CCCCCC1n1cnc2c1CCCC2. The van der Waals surface area contributed by atoms with Crippen molar-refractivity contribution in [1.82, 2.24) is 9.55 Å². The van der Waals surface area contributed by atoms with Gasteiger partial charge in [-0.25, -0.2) is 4.98 Å².